The Morgan fingerprint density at radius 3 is 2.44 bits per heavy atom. The highest BCUT2D eigenvalue weighted by atomic mass is 19.1. The van der Waals surface area contributed by atoms with Crippen LogP contribution in [0.2, 0.25) is 0 Å². The van der Waals surface area contributed by atoms with Gasteiger partial charge in [-0.3, -0.25) is 4.79 Å². The molecule has 140 valence electrons. The van der Waals surface area contributed by atoms with E-state index in [1.54, 1.807) is 51.6 Å². The van der Waals surface area contributed by atoms with Gasteiger partial charge in [0.1, 0.15) is 11.6 Å². The molecule has 0 aliphatic heterocycles. The predicted molar refractivity (Wildman–Crippen MR) is 99.4 cm³/mol. The average Bonchev–Trinajstić information content (AvgIpc) is 3.17. The highest BCUT2D eigenvalue weighted by Gasteiger charge is 2.19. The third kappa shape index (κ3) is 3.95. The van der Waals surface area contributed by atoms with Crippen LogP contribution in [-0.4, -0.2) is 32.1 Å². The van der Waals surface area contributed by atoms with E-state index in [-0.39, 0.29) is 17.5 Å². The van der Waals surface area contributed by atoms with Crippen molar-refractivity contribution in [3.05, 3.63) is 71.7 Å². The first kappa shape index (κ1) is 18.5. The molecule has 2 aromatic carbocycles. The van der Waals surface area contributed by atoms with Crippen LogP contribution in [0.25, 0.3) is 11.3 Å². The molecule has 1 aromatic heterocycles. The summed E-state index contributed by atoms with van der Waals surface area (Å²) in [6, 6.07) is 14.7. The maximum atomic E-state index is 13.1. The van der Waals surface area contributed by atoms with Gasteiger partial charge >= 0.3 is 0 Å². The predicted octanol–water partition coefficient (Wildman–Crippen LogP) is 4.38. The second-order valence-corrected chi connectivity index (χ2v) is 5.98. The van der Waals surface area contributed by atoms with Crippen molar-refractivity contribution in [3.8, 4) is 22.8 Å². The molecule has 0 fully saturated rings. The highest BCUT2D eigenvalue weighted by molar-refractivity contribution is 5.92. The van der Waals surface area contributed by atoms with Gasteiger partial charge < -0.3 is 18.8 Å². The summed E-state index contributed by atoms with van der Waals surface area (Å²) >= 11 is 0. The van der Waals surface area contributed by atoms with E-state index in [4.69, 9.17) is 13.9 Å². The van der Waals surface area contributed by atoms with Gasteiger partial charge in [0.2, 0.25) is 0 Å². The second kappa shape index (κ2) is 7.95. The monoisotopic (exact) mass is 369 g/mol. The molecule has 0 atom stereocenters. The Labute approximate surface area is 156 Å². The van der Waals surface area contributed by atoms with Crippen LogP contribution in [0.4, 0.5) is 4.39 Å². The van der Waals surface area contributed by atoms with Crippen LogP contribution < -0.4 is 9.47 Å². The number of para-hydroxylation sites is 1. The molecular formula is C21H20FNO4. The molecular weight excluding hydrogens is 349 g/mol. The summed E-state index contributed by atoms with van der Waals surface area (Å²) in [5, 5.41) is 0. The SMILES string of the molecule is COc1cccc(CN(C)C(=O)c2ccc(-c3ccc(F)cc3)o2)c1OC. The van der Waals surface area contributed by atoms with E-state index in [1.165, 1.54) is 17.0 Å². The number of amides is 1. The lowest BCUT2D eigenvalue weighted by Gasteiger charge is -2.19. The van der Waals surface area contributed by atoms with Crippen molar-refractivity contribution in [2.24, 2.45) is 0 Å². The third-order valence-corrected chi connectivity index (χ3v) is 4.18. The number of furan rings is 1. The summed E-state index contributed by atoms with van der Waals surface area (Å²) in [6.07, 6.45) is 0. The second-order valence-electron chi connectivity index (χ2n) is 5.98. The molecule has 0 bridgehead atoms. The molecule has 6 heteroatoms. The number of ether oxygens (including phenoxy) is 2. The van der Waals surface area contributed by atoms with Gasteiger partial charge in [-0.25, -0.2) is 4.39 Å². The fourth-order valence-corrected chi connectivity index (χ4v) is 2.82. The van der Waals surface area contributed by atoms with E-state index in [9.17, 15) is 9.18 Å². The van der Waals surface area contributed by atoms with E-state index in [1.807, 2.05) is 12.1 Å². The summed E-state index contributed by atoms with van der Waals surface area (Å²) in [5.41, 5.74) is 1.52. The maximum absolute atomic E-state index is 13.1. The van der Waals surface area contributed by atoms with Crippen LogP contribution in [-0.2, 0) is 6.54 Å². The molecule has 1 heterocycles. The largest absolute Gasteiger partial charge is 0.493 e. The Bertz CT molecular complexity index is 934. The van der Waals surface area contributed by atoms with Crippen molar-refractivity contribution in [1.82, 2.24) is 4.90 Å². The van der Waals surface area contributed by atoms with Crippen molar-refractivity contribution >= 4 is 5.91 Å². The lowest BCUT2D eigenvalue weighted by Crippen LogP contribution is -2.26. The van der Waals surface area contributed by atoms with Crippen LogP contribution in [0.1, 0.15) is 16.1 Å². The lowest BCUT2D eigenvalue weighted by atomic mass is 10.1. The van der Waals surface area contributed by atoms with Crippen molar-refractivity contribution < 1.29 is 23.1 Å². The topological polar surface area (TPSA) is 51.9 Å². The summed E-state index contributed by atoms with van der Waals surface area (Å²) in [7, 11) is 4.81. The maximum Gasteiger partial charge on any atom is 0.289 e. The van der Waals surface area contributed by atoms with E-state index in [0.717, 1.165) is 5.56 Å². The number of benzene rings is 2. The Morgan fingerprint density at radius 2 is 1.78 bits per heavy atom. The van der Waals surface area contributed by atoms with Crippen LogP contribution in [0.5, 0.6) is 11.5 Å². The Hall–Kier alpha value is -3.28. The molecule has 0 aliphatic carbocycles. The smallest absolute Gasteiger partial charge is 0.289 e. The minimum atomic E-state index is -0.325. The molecule has 0 N–H and O–H groups in total. The van der Waals surface area contributed by atoms with Gasteiger partial charge in [0.15, 0.2) is 17.3 Å². The molecule has 0 unspecified atom stereocenters. The van der Waals surface area contributed by atoms with E-state index in [0.29, 0.717) is 29.4 Å². The number of nitrogens with zero attached hydrogens (tertiary/aromatic N) is 1. The van der Waals surface area contributed by atoms with Crippen LogP contribution in [0.3, 0.4) is 0 Å². The van der Waals surface area contributed by atoms with Gasteiger partial charge in [0, 0.05) is 24.7 Å². The lowest BCUT2D eigenvalue weighted by molar-refractivity contribution is 0.0753. The zero-order chi connectivity index (χ0) is 19.4. The number of hydrogen-bond acceptors (Lipinski definition) is 4. The number of halogens is 1. The molecule has 3 rings (SSSR count). The third-order valence-electron chi connectivity index (χ3n) is 4.18. The minimum Gasteiger partial charge on any atom is -0.493 e. The average molecular weight is 369 g/mol. The molecule has 3 aromatic rings. The fourth-order valence-electron chi connectivity index (χ4n) is 2.82. The zero-order valence-electron chi connectivity index (χ0n) is 15.4. The van der Waals surface area contributed by atoms with Crippen molar-refractivity contribution in [3.63, 3.8) is 0 Å². The zero-order valence-corrected chi connectivity index (χ0v) is 15.4. The summed E-state index contributed by atoms with van der Waals surface area (Å²) in [6.45, 7) is 0.325. The van der Waals surface area contributed by atoms with Gasteiger partial charge in [-0.1, -0.05) is 12.1 Å². The van der Waals surface area contributed by atoms with E-state index in [2.05, 4.69) is 0 Å². The first-order valence-electron chi connectivity index (χ1n) is 8.34. The van der Waals surface area contributed by atoms with Gasteiger partial charge in [-0.2, -0.15) is 0 Å². The van der Waals surface area contributed by atoms with Gasteiger partial charge in [0.05, 0.1) is 14.2 Å². The van der Waals surface area contributed by atoms with Crippen LogP contribution in [0, 0.1) is 5.82 Å². The van der Waals surface area contributed by atoms with Gasteiger partial charge in [0.25, 0.3) is 5.91 Å². The van der Waals surface area contributed by atoms with Crippen molar-refractivity contribution in [2.75, 3.05) is 21.3 Å². The number of methoxy groups -OCH3 is 2. The van der Waals surface area contributed by atoms with E-state index >= 15 is 0 Å². The van der Waals surface area contributed by atoms with Crippen LogP contribution >= 0.6 is 0 Å². The Morgan fingerprint density at radius 1 is 1.04 bits per heavy atom. The molecule has 0 saturated heterocycles. The fraction of sp³-hybridized carbons (Fsp3) is 0.190. The van der Waals surface area contributed by atoms with Crippen molar-refractivity contribution in [1.29, 1.82) is 0 Å². The Kier molecular flexibility index (Phi) is 5.45. The number of carbonyl (C=O) groups excluding carboxylic acids is 1. The first-order valence-corrected chi connectivity index (χ1v) is 8.34. The molecule has 1 amide bonds. The highest BCUT2D eigenvalue weighted by Crippen LogP contribution is 2.31. The molecule has 27 heavy (non-hydrogen) atoms. The summed E-state index contributed by atoms with van der Waals surface area (Å²) in [5.74, 6) is 1.31. The minimum absolute atomic E-state index is 0.207. The van der Waals surface area contributed by atoms with Gasteiger partial charge in [-0.05, 0) is 42.5 Å². The number of rotatable bonds is 6. The standard InChI is InChI=1S/C21H20FNO4/c1-23(13-15-5-4-6-18(25-2)20(15)26-3)21(24)19-12-11-17(27-19)14-7-9-16(22)10-8-14/h4-12H,13H2,1-3H3. The Balaban J connectivity index is 1.78. The summed E-state index contributed by atoms with van der Waals surface area (Å²) in [4.78, 5) is 14.2. The number of hydrogen-bond donors (Lipinski definition) is 0. The molecule has 5 nitrogen and oxygen atoms in total. The normalized spacial score (nSPS) is 10.5. The van der Waals surface area contributed by atoms with Crippen molar-refractivity contribution in [2.45, 2.75) is 6.54 Å². The molecule has 0 radical (unpaired) electrons. The quantitative estimate of drug-likeness (QED) is 0.647. The molecule has 0 saturated carbocycles. The number of carbonyl (C=O) groups is 1. The van der Waals surface area contributed by atoms with Gasteiger partial charge in [-0.15, -0.1) is 0 Å². The van der Waals surface area contributed by atoms with E-state index < -0.39 is 0 Å². The first-order chi connectivity index (χ1) is 13.0. The molecule has 0 spiro atoms. The van der Waals surface area contributed by atoms with Crippen LogP contribution in [0.15, 0.2) is 59.0 Å². The summed E-state index contributed by atoms with van der Waals surface area (Å²) < 4.78 is 29.4. The molecule has 0 aliphatic rings.